The van der Waals surface area contributed by atoms with Crippen molar-refractivity contribution in [3.8, 4) is 0 Å². The van der Waals surface area contributed by atoms with Crippen LogP contribution in [-0.2, 0) is 11.3 Å². The predicted molar refractivity (Wildman–Crippen MR) is 61.5 cm³/mol. The predicted octanol–water partition coefficient (Wildman–Crippen LogP) is 1.68. The average molecular weight is 224 g/mol. The minimum absolute atomic E-state index is 0.0118. The maximum atomic E-state index is 13.2. The molecule has 0 aromatic heterocycles. The lowest BCUT2D eigenvalue weighted by Crippen LogP contribution is -2.42. The summed E-state index contributed by atoms with van der Waals surface area (Å²) < 4.78 is 18.5. The fourth-order valence-electron chi connectivity index (χ4n) is 1.80. The third-order valence-corrected chi connectivity index (χ3v) is 3.00. The molecule has 4 heteroatoms. The second kappa shape index (κ2) is 4.39. The molecule has 0 bridgehead atoms. The van der Waals surface area contributed by atoms with Crippen LogP contribution in [0.4, 0.5) is 10.1 Å². The van der Waals surface area contributed by atoms with E-state index in [0.29, 0.717) is 13.2 Å². The summed E-state index contributed by atoms with van der Waals surface area (Å²) >= 11 is 0. The molecule has 0 radical (unpaired) electrons. The van der Waals surface area contributed by atoms with E-state index >= 15 is 0 Å². The van der Waals surface area contributed by atoms with Crippen molar-refractivity contribution in [2.24, 2.45) is 0 Å². The number of nitrogens with one attached hydrogen (secondary N) is 1. The number of anilines is 1. The van der Waals surface area contributed by atoms with Crippen molar-refractivity contribution in [2.45, 2.75) is 25.4 Å². The fraction of sp³-hybridized carbons (Fsp3) is 0.500. The molecule has 1 aromatic carbocycles. The van der Waals surface area contributed by atoms with Gasteiger partial charge in [-0.25, -0.2) is 4.39 Å². The van der Waals surface area contributed by atoms with Gasteiger partial charge < -0.3 is 15.8 Å². The van der Waals surface area contributed by atoms with E-state index in [0.717, 1.165) is 18.6 Å². The number of hydrogen-bond donors (Lipinski definition) is 2. The summed E-state index contributed by atoms with van der Waals surface area (Å²) in [6, 6.07) is 4.91. The lowest BCUT2D eigenvalue weighted by molar-refractivity contribution is 0.171. The van der Waals surface area contributed by atoms with Gasteiger partial charge in [0.25, 0.3) is 0 Å². The summed E-state index contributed by atoms with van der Waals surface area (Å²) in [6.45, 7) is 4.26. The highest BCUT2D eigenvalue weighted by Crippen LogP contribution is 2.19. The quantitative estimate of drug-likeness (QED) is 0.768. The molecular formula is C12H17FN2O. The molecule has 1 saturated heterocycles. The SMILES string of the molecule is CC1(NCc2ccc(N)c(F)c2)CCOC1. The van der Waals surface area contributed by atoms with Crippen molar-refractivity contribution in [3.05, 3.63) is 29.6 Å². The summed E-state index contributed by atoms with van der Waals surface area (Å²) in [6.07, 6.45) is 0.991. The molecule has 1 fully saturated rings. The van der Waals surface area contributed by atoms with Crippen molar-refractivity contribution in [1.82, 2.24) is 5.32 Å². The zero-order valence-corrected chi connectivity index (χ0v) is 9.42. The molecule has 0 amide bonds. The summed E-state index contributed by atoms with van der Waals surface area (Å²) in [7, 11) is 0. The molecule has 1 atom stereocenters. The van der Waals surface area contributed by atoms with Crippen LogP contribution < -0.4 is 11.1 Å². The van der Waals surface area contributed by atoms with Crippen LogP contribution in [-0.4, -0.2) is 18.8 Å². The zero-order valence-electron chi connectivity index (χ0n) is 9.42. The van der Waals surface area contributed by atoms with E-state index in [9.17, 15) is 4.39 Å². The molecular weight excluding hydrogens is 207 g/mol. The van der Waals surface area contributed by atoms with E-state index in [1.54, 1.807) is 6.07 Å². The topological polar surface area (TPSA) is 47.3 Å². The molecule has 1 aromatic rings. The number of hydrogen-bond acceptors (Lipinski definition) is 3. The minimum Gasteiger partial charge on any atom is -0.396 e. The Morgan fingerprint density at radius 3 is 3.00 bits per heavy atom. The molecule has 1 aliphatic rings. The molecule has 3 nitrogen and oxygen atoms in total. The van der Waals surface area contributed by atoms with E-state index in [-0.39, 0.29) is 17.0 Å². The first-order valence-corrected chi connectivity index (χ1v) is 5.46. The Morgan fingerprint density at radius 2 is 2.38 bits per heavy atom. The Bertz CT molecular complexity index is 375. The Kier molecular flexibility index (Phi) is 3.12. The molecule has 0 aliphatic carbocycles. The largest absolute Gasteiger partial charge is 0.396 e. The number of nitrogens with two attached hydrogens (primary N) is 1. The zero-order chi connectivity index (χ0) is 11.6. The van der Waals surface area contributed by atoms with Crippen molar-refractivity contribution in [3.63, 3.8) is 0 Å². The van der Waals surface area contributed by atoms with E-state index in [2.05, 4.69) is 12.2 Å². The monoisotopic (exact) mass is 224 g/mol. The fourth-order valence-corrected chi connectivity index (χ4v) is 1.80. The van der Waals surface area contributed by atoms with Gasteiger partial charge in [0.2, 0.25) is 0 Å². The van der Waals surface area contributed by atoms with Gasteiger partial charge in [0.1, 0.15) is 5.82 Å². The summed E-state index contributed by atoms with van der Waals surface area (Å²) in [5.74, 6) is -0.355. The van der Waals surface area contributed by atoms with E-state index in [4.69, 9.17) is 10.5 Å². The standard InChI is InChI=1S/C12H17FN2O/c1-12(4-5-16-8-12)15-7-9-2-3-11(14)10(13)6-9/h2-3,6,15H,4-5,7-8,14H2,1H3. The molecule has 16 heavy (non-hydrogen) atoms. The summed E-state index contributed by atoms with van der Waals surface area (Å²) in [4.78, 5) is 0. The third-order valence-electron chi connectivity index (χ3n) is 3.00. The van der Waals surface area contributed by atoms with Crippen molar-refractivity contribution < 1.29 is 9.13 Å². The number of benzene rings is 1. The van der Waals surface area contributed by atoms with Crippen LogP contribution in [0.5, 0.6) is 0 Å². The van der Waals surface area contributed by atoms with Gasteiger partial charge in [0.15, 0.2) is 0 Å². The number of halogens is 1. The van der Waals surface area contributed by atoms with Crippen LogP contribution in [0.3, 0.4) is 0 Å². The Morgan fingerprint density at radius 1 is 1.56 bits per heavy atom. The van der Waals surface area contributed by atoms with E-state index in [1.807, 2.05) is 6.07 Å². The van der Waals surface area contributed by atoms with Crippen molar-refractivity contribution in [2.75, 3.05) is 18.9 Å². The lowest BCUT2D eigenvalue weighted by Gasteiger charge is -2.23. The van der Waals surface area contributed by atoms with Crippen LogP contribution in [0.2, 0.25) is 0 Å². The van der Waals surface area contributed by atoms with Gasteiger partial charge in [-0.15, -0.1) is 0 Å². The first kappa shape index (κ1) is 11.4. The van der Waals surface area contributed by atoms with Crippen LogP contribution >= 0.6 is 0 Å². The van der Waals surface area contributed by atoms with Crippen molar-refractivity contribution in [1.29, 1.82) is 0 Å². The van der Waals surface area contributed by atoms with Gasteiger partial charge >= 0.3 is 0 Å². The van der Waals surface area contributed by atoms with Crippen LogP contribution in [0.25, 0.3) is 0 Å². The minimum atomic E-state index is -0.355. The lowest BCUT2D eigenvalue weighted by atomic mass is 10.0. The van der Waals surface area contributed by atoms with Gasteiger partial charge in [-0.2, -0.15) is 0 Å². The van der Waals surface area contributed by atoms with Gasteiger partial charge in [0, 0.05) is 18.7 Å². The van der Waals surface area contributed by atoms with Crippen molar-refractivity contribution >= 4 is 5.69 Å². The second-order valence-corrected chi connectivity index (χ2v) is 4.57. The highest BCUT2D eigenvalue weighted by Gasteiger charge is 2.28. The maximum absolute atomic E-state index is 13.2. The number of ether oxygens (including phenoxy) is 1. The second-order valence-electron chi connectivity index (χ2n) is 4.57. The Hall–Kier alpha value is -1.13. The molecule has 1 heterocycles. The third kappa shape index (κ3) is 2.51. The van der Waals surface area contributed by atoms with Crippen LogP contribution in [0, 0.1) is 5.82 Å². The molecule has 0 spiro atoms. The smallest absolute Gasteiger partial charge is 0.146 e. The average Bonchev–Trinajstić information content (AvgIpc) is 2.68. The summed E-state index contributed by atoms with van der Waals surface area (Å²) in [5.41, 5.74) is 6.53. The Balaban J connectivity index is 1.96. The van der Waals surface area contributed by atoms with Crippen LogP contribution in [0.15, 0.2) is 18.2 Å². The molecule has 2 rings (SSSR count). The highest BCUT2D eigenvalue weighted by molar-refractivity contribution is 5.41. The van der Waals surface area contributed by atoms with Gasteiger partial charge in [-0.3, -0.25) is 0 Å². The Labute approximate surface area is 94.8 Å². The molecule has 1 unspecified atom stereocenters. The van der Waals surface area contributed by atoms with Gasteiger partial charge in [-0.1, -0.05) is 6.07 Å². The first-order valence-electron chi connectivity index (χ1n) is 5.46. The number of rotatable bonds is 3. The van der Waals surface area contributed by atoms with Gasteiger partial charge in [-0.05, 0) is 31.0 Å². The van der Waals surface area contributed by atoms with Gasteiger partial charge in [0.05, 0.1) is 12.3 Å². The molecule has 88 valence electrons. The van der Waals surface area contributed by atoms with Crippen LogP contribution in [0.1, 0.15) is 18.9 Å². The summed E-state index contributed by atoms with van der Waals surface area (Å²) in [5, 5.41) is 3.39. The number of nitrogen functional groups attached to an aromatic ring is 1. The highest BCUT2D eigenvalue weighted by atomic mass is 19.1. The molecule has 0 saturated carbocycles. The maximum Gasteiger partial charge on any atom is 0.146 e. The molecule has 3 N–H and O–H groups in total. The first-order chi connectivity index (χ1) is 7.59. The van der Waals surface area contributed by atoms with E-state index < -0.39 is 0 Å². The molecule has 1 aliphatic heterocycles. The van der Waals surface area contributed by atoms with E-state index in [1.165, 1.54) is 6.07 Å². The normalized spacial score (nSPS) is 24.9.